The van der Waals surface area contributed by atoms with Crippen LogP contribution in [0.15, 0.2) is 65.2 Å². The monoisotopic (exact) mass is 492 g/mol. The Labute approximate surface area is 212 Å². The Morgan fingerprint density at radius 1 is 1.06 bits per heavy atom. The fourth-order valence-electron chi connectivity index (χ4n) is 4.79. The van der Waals surface area contributed by atoms with Crippen molar-refractivity contribution in [3.05, 3.63) is 72.2 Å². The molecular formula is C27H32N4O3S. The Morgan fingerprint density at radius 2 is 1.89 bits per heavy atom. The normalized spacial score (nSPS) is 20.7. The number of thiocarbonyl (C=S) groups is 1. The van der Waals surface area contributed by atoms with Crippen LogP contribution in [0.3, 0.4) is 0 Å². The smallest absolute Gasteiger partial charge is 0.170 e. The molecule has 0 radical (unpaired) electrons. The van der Waals surface area contributed by atoms with E-state index in [2.05, 4.69) is 26.2 Å². The summed E-state index contributed by atoms with van der Waals surface area (Å²) < 4.78 is 17.5. The van der Waals surface area contributed by atoms with E-state index < -0.39 is 0 Å². The fraction of sp³-hybridized carbons (Fsp3) is 0.407. The van der Waals surface area contributed by atoms with Gasteiger partial charge in [0.25, 0.3) is 0 Å². The van der Waals surface area contributed by atoms with E-state index in [1.165, 1.54) is 0 Å². The van der Waals surface area contributed by atoms with Gasteiger partial charge in [-0.3, -0.25) is 9.88 Å². The van der Waals surface area contributed by atoms with Gasteiger partial charge in [-0.25, -0.2) is 0 Å². The van der Waals surface area contributed by atoms with Crippen molar-refractivity contribution in [1.82, 2.24) is 20.1 Å². The highest BCUT2D eigenvalue weighted by molar-refractivity contribution is 7.80. The van der Waals surface area contributed by atoms with Gasteiger partial charge in [-0.2, -0.15) is 0 Å². The molecule has 2 aromatic heterocycles. The highest BCUT2D eigenvalue weighted by Crippen LogP contribution is 2.40. The van der Waals surface area contributed by atoms with Gasteiger partial charge in [-0.15, -0.1) is 0 Å². The zero-order valence-electron chi connectivity index (χ0n) is 20.1. The van der Waals surface area contributed by atoms with E-state index in [1.54, 1.807) is 0 Å². The standard InChI is InChI=1S/C27H32N4O3S/c1-2-33-21-9-7-20(8-10-21)23-11-12-24(34-23)26-25(22-6-3-4-13-28-22)29-27(35)31(26)15-5-14-30-16-18-32-19-17-30/h3-4,6-13,25-26H,2,5,14-19H2,1H3,(H,29,35)/t25-,26+/m0/s1. The molecule has 7 nitrogen and oxygen atoms in total. The molecular weight excluding hydrogens is 460 g/mol. The van der Waals surface area contributed by atoms with E-state index in [1.807, 2.05) is 61.7 Å². The first kappa shape index (κ1) is 23.8. The number of ether oxygens (including phenoxy) is 2. The van der Waals surface area contributed by atoms with Crippen LogP contribution < -0.4 is 10.1 Å². The number of hydrogen-bond acceptors (Lipinski definition) is 6. The highest BCUT2D eigenvalue weighted by Gasteiger charge is 2.41. The lowest BCUT2D eigenvalue weighted by Crippen LogP contribution is -2.38. The van der Waals surface area contributed by atoms with Gasteiger partial charge in [0.1, 0.15) is 23.3 Å². The highest BCUT2D eigenvalue weighted by atomic mass is 32.1. The summed E-state index contributed by atoms with van der Waals surface area (Å²) in [5.41, 5.74) is 1.97. The van der Waals surface area contributed by atoms with Crippen LogP contribution >= 0.6 is 12.2 Å². The molecule has 0 aliphatic carbocycles. The van der Waals surface area contributed by atoms with Crippen molar-refractivity contribution in [1.29, 1.82) is 0 Å². The van der Waals surface area contributed by atoms with Crippen LogP contribution in [0, 0.1) is 0 Å². The summed E-state index contributed by atoms with van der Waals surface area (Å²) in [4.78, 5) is 9.34. The van der Waals surface area contributed by atoms with E-state index in [4.69, 9.17) is 26.1 Å². The van der Waals surface area contributed by atoms with Crippen molar-refractivity contribution in [3.63, 3.8) is 0 Å². The van der Waals surface area contributed by atoms with Gasteiger partial charge in [0, 0.05) is 37.9 Å². The minimum absolute atomic E-state index is 0.0708. The number of furan rings is 1. The Morgan fingerprint density at radius 3 is 2.63 bits per heavy atom. The fourth-order valence-corrected chi connectivity index (χ4v) is 5.13. The SMILES string of the molecule is CCOc1ccc(-c2ccc([C@@H]3[C@H](c4ccccn4)NC(=S)N3CCCN3CCOCC3)o2)cc1. The average molecular weight is 493 g/mol. The van der Waals surface area contributed by atoms with Gasteiger partial charge in [0.2, 0.25) is 0 Å². The molecule has 1 aromatic carbocycles. The Kier molecular flexibility index (Phi) is 7.61. The molecule has 0 unspecified atom stereocenters. The van der Waals surface area contributed by atoms with Gasteiger partial charge >= 0.3 is 0 Å². The first-order chi connectivity index (χ1) is 17.2. The van der Waals surface area contributed by atoms with Gasteiger partial charge < -0.3 is 24.1 Å². The van der Waals surface area contributed by atoms with Crippen molar-refractivity contribution < 1.29 is 13.9 Å². The second kappa shape index (κ2) is 11.2. The number of benzene rings is 1. The molecule has 8 heteroatoms. The van der Waals surface area contributed by atoms with Crippen LogP contribution in [0.25, 0.3) is 11.3 Å². The van der Waals surface area contributed by atoms with Crippen molar-refractivity contribution in [2.45, 2.75) is 25.4 Å². The minimum Gasteiger partial charge on any atom is -0.494 e. The first-order valence-electron chi connectivity index (χ1n) is 12.3. The second-order valence-corrected chi connectivity index (χ2v) is 9.17. The Bertz CT molecular complexity index is 1100. The van der Waals surface area contributed by atoms with E-state index >= 15 is 0 Å². The zero-order valence-corrected chi connectivity index (χ0v) is 20.9. The van der Waals surface area contributed by atoms with E-state index in [0.29, 0.717) is 6.61 Å². The lowest BCUT2D eigenvalue weighted by atomic mass is 10.0. The topological polar surface area (TPSA) is 63.0 Å². The number of nitrogens with zero attached hydrogens (tertiary/aromatic N) is 3. The maximum atomic E-state index is 6.44. The number of pyridine rings is 1. The lowest BCUT2D eigenvalue weighted by molar-refractivity contribution is 0.0365. The summed E-state index contributed by atoms with van der Waals surface area (Å²) in [7, 11) is 0. The van der Waals surface area contributed by atoms with Crippen molar-refractivity contribution >= 4 is 17.3 Å². The van der Waals surface area contributed by atoms with Crippen LogP contribution in [-0.2, 0) is 4.74 Å². The average Bonchev–Trinajstić information content (AvgIpc) is 3.51. The molecule has 1 N–H and O–H groups in total. The molecule has 0 spiro atoms. The number of hydrogen-bond donors (Lipinski definition) is 1. The van der Waals surface area contributed by atoms with Crippen LogP contribution in [0.4, 0.5) is 0 Å². The van der Waals surface area contributed by atoms with E-state index in [-0.39, 0.29) is 12.1 Å². The molecule has 3 aromatic rings. The summed E-state index contributed by atoms with van der Waals surface area (Å²) in [6, 6.07) is 17.9. The van der Waals surface area contributed by atoms with E-state index in [0.717, 1.165) is 79.5 Å². The maximum Gasteiger partial charge on any atom is 0.170 e. The molecule has 0 bridgehead atoms. The molecule has 2 atom stereocenters. The summed E-state index contributed by atoms with van der Waals surface area (Å²) in [6.45, 7) is 8.12. The zero-order chi connectivity index (χ0) is 24.0. The predicted molar refractivity (Wildman–Crippen MR) is 139 cm³/mol. The van der Waals surface area contributed by atoms with Crippen LogP contribution in [0.1, 0.15) is 36.9 Å². The number of nitrogens with one attached hydrogen (secondary N) is 1. The molecule has 35 heavy (non-hydrogen) atoms. The first-order valence-corrected chi connectivity index (χ1v) is 12.7. The number of morpholine rings is 1. The summed E-state index contributed by atoms with van der Waals surface area (Å²) in [5.74, 6) is 2.56. The third kappa shape index (κ3) is 5.50. The summed E-state index contributed by atoms with van der Waals surface area (Å²) >= 11 is 5.80. The molecule has 2 saturated heterocycles. The molecule has 0 saturated carbocycles. The second-order valence-electron chi connectivity index (χ2n) is 8.79. The largest absolute Gasteiger partial charge is 0.494 e. The molecule has 0 amide bonds. The quantitative estimate of drug-likeness (QED) is 0.440. The number of aromatic nitrogens is 1. The molecule has 2 fully saturated rings. The Balaban J connectivity index is 1.37. The minimum atomic E-state index is -0.0774. The van der Waals surface area contributed by atoms with Crippen molar-refractivity contribution in [2.75, 3.05) is 46.0 Å². The molecule has 184 valence electrons. The van der Waals surface area contributed by atoms with Crippen molar-refractivity contribution in [2.24, 2.45) is 0 Å². The molecule has 2 aliphatic rings. The summed E-state index contributed by atoms with van der Waals surface area (Å²) in [5, 5.41) is 4.25. The van der Waals surface area contributed by atoms with Crippen LogP contribution in [0.2, 0.25) is 0 Å². The third-order valence-corrected chi connectivity index (χ3v) is 6.90. The van der Waals surface area contributed by atoms with Crippen LogP contribution in [-0.4, -0.2) is 65.9 Å². The van der Waals surface area contributed by atoms with Gasteiger partial charge in [0.15, 0.2) is 5.11 Å². The van der Waals surface area contributed by atoms with Gasteiger partial charge in [-0.05, 0) is 74.1 Å². The molecule has 4 heterocycles. The summed E-state index contributed by atoms with van der Waals surface area (Å²) in [6.07, 6.45) is 2.84. The van der Waals surface area contributed by atoms with Gasteiger partial charge in [-0.1, -0.05) is 6.07 Å². The molecule has 2 aliphatic heterocycles. The predicted octanol–water partition coefficient (Wildman–Crippen LogP) is 4.44. The van der Waals surface area contributed by atoms with Gasteiger partial charge in [0.05, 0.1) is 31.6 Å². The third-order valence-electron chi connectivity index (χ3n) is 6.54. The van der Waals surface area contributed by atoms with Crippen molar-refractivity contribution in [3.8, 4) is 17.1 Å². The maximum absolute atomic E-state index is 6.44. The number of rotatable bonds is 9. The molecule has 5 rings (SSSR count). The van der Waals surface area contributed by atoms with E-state index in [9.17, 15) is 0 Å². The lowest BCUT2D eigenvalue weighted by Gasteiger charge is -2.29. The Hall–Kier alpha value is -2.94. The van der Waals surface area contributed by atoms with Crippen LogP contribution in [0.5, 0.6) is 5.75 Å².